The number of carboxylic acids is 1. The topological polar surface area (TPSA) is 86.5 Å². The smallest absolute Gasteiger partial charge is 0.339 e. The second kappa shape index (κ2) is 6.08. The molecule has 1 atom stereocenters. The Bertz CT molecular complexity index is 443. The van der Waals surface area contributed by atoms with Gasteiger partial charge in [0.05, 0.1) is 11.8 Å². The fraction of sp³-hybridized carbons (Fsp3) is 0.615. The fourth-order valence-corrected chi connectivity index (χ4v) is 2.46. The first-order valence-corrected chi connectivity index (χ1v) is 6.50. The summed E-state index contributed by atoms with van der Waals surface area (Å²) in [5, 5.41) is 18.6. The third-order valence-corrected chi connectivity index (χ3v) is 3.71. The number of rotatable bonds is 4. The van der Waals surface area contributed by atoms with E-state index in [-0.39, 0.29) is 11.7 Å². The van der Waals surface area contributed by atoms with Gasteiger partial charge in [0.1, 0.15) is 11.9 Å². The quantitative estimate of drug-likeness (QED) is 0.836. The maximum Gasteiger partial charge on any atom is 0.339 e. The van der Waals surface area contributed by atoms with Crippen LogP contribution in [0.2, 0.25) is 0 Å². The molecular formula is C13H19N3O3. The Morgan fingerprint density at radius 3 is 2.79 bits per heavy atom. The van der Waals surface area contributed by atoms with Crippen LogP contribution in [0, 0.1) is 5.92 Å². The summed E-state index contributed by atoms with van der Waals surface area (Å²) in [5.41, 5.74) is 0.721. The van der Waals surface area contributed by atoms with E-state index in [0.717, 1.165) is 25.9 Å². The van der Waals surface area contributed by atoms with Gasteiger partial charge >= 0.3 is 5.97 Å². The van der Waals surface area contributed by atoms with Crippen molar-refractivity contribution in [2.75, 3.05) is 13.1 Å². The molecule has 2 heterocycles. The lowest BCUT2D eigenvalue weighted by atomic mass is 9.92. The molecule has 1 aromatic heterocycles. The van der Waals surface area contributed by atoms with Gasteiger partial charge < -0.3 is 10.2 Å². The number of nitrogens with zero attached hydrogens (tertiary/aromatic N) is 3. The van der Waals surface area contributed by atoms with Gasteiger partial charge in [0, 0.05) is 12.7 Å². The van der Waals surface area contributed by atoms with Crippen molar-refractivity contribution in [3.63, 3.8) is 0 Å². The molecule has 0 aromatic carbocycles. The SMILES string of the molecule is CC(O)C1CCN(Cc2ncncc2C(=O)O)CC1. The van der Waals surface area contributed by atoms with Crippen LogP contribution >= 0.6 is 0 Å². The predicted octanol–water partition coefficient (Wildman–Crippen LogP) is 0.768. The van der Waals surface area contributed by atoms with Gasteiger partial charge in [-0.2, -0.15) is 0 Å². The molecular weight excluding hydrogens is 246 g/mol. The van der Waals surface area contributed by atoms with Gasteiger partial charge in [-0.05, 0) is 38.8 Å². The highest BCUT2D eigenvalue weighted by Gasteiger charge is 2.24. The van der Waals surface area contributed by atoms with E-state index >= 15 is 0 Å². The second-order valence-electron chi connectivity index (χ2n) is 5.04. The molecule has 0 amide bonds. The van der Waals surface area contributed by atoms with Crippen molar-refractivity contribution < 1.29 is 15.0 Å². The van der Waals surface area contributed by atoms with E-state index in [1.807, 2.05) is 6.92 Å². The summed E-state index contributed by atoms with van der Waals surface area (Å²) >= 11 is 0. The molecule has 0 saturated carbocycles. The summed E-state index contributed by atoms with van der Waals surface area (Å²) in [5.74, 6) is -0.643. The minimum Gasteiger partial charge on any atom is -0.478 e. The number of aliphatic hydroxyl groups excluding tert-OH is 1. The number of aliphatic hydroxyl groups is 1. The number of likely N-dealkylation sites (tertiary alicyclic amines) is 1. The van der Waals surface area contributed by atoms with Gasteiger partial charge in [-0.3, -0.25) is 4.90 Å². The molecule has 0 aliphatic carbocycles. The van der Waals surface area contributed by atoms with Crippen LogP contribution in [0.25, 0.3) is 0 Å². The number of aromatic carboxylic acids is 1. The normalized spacial score (nSPS) is 19.3. The number of carbonyl (C=O) groups is 1. The van der Waals surface area contributed by atoms with Crippen LogP contribution in [-0.4, -0.2) is 50.2 Å². The van der Waals surface area contributed by atoms with Gasteiger partial charge in [-0.25, -0.2) is 14.8 Å². The standard InChI is InChI=1S/C13H19N3O3/c1-9(17)10-2-4-16(5-3-10)7-12-11(13(18)19)6-14-8-15-12/h6,8-10,17H,2-5,7H2,1H3,(H,18,19). The van der Waals surface area contributed by atoms with Crippen molar-refractivity contribution in [1.29, 1.82) is 0 Å². The highest BCUT2D eigenvalue weighted by atomic mass is 16.4. The second-order valence-corrected chi connectivity index (χ2v) is 5.04. The number of hydrogen-bond donors (Lipinski definition) is 2. The molecule has 0 radical (unpaired) electrons. The highest BCUT2D eigenvalue weighted by Crippen LogP contribution is 2.22. The van der Waals surface area contributed by atoms with E-state index in [0.29, 0.717) is 18.2 Å². The van der Waals surface area contributed by atoms with Gasteiger partial charge in [0.25, 0.3) is 0 Å². The van der Waals surface area contributed by atoms with Crippen molar-refractivity contribution in [2.45, 2.75) is 32.4 Å². The monoisotopic (exact) mass is 265 g/mol. The Morgan fingerprint density at radius 1 is 1.53 bits per heavy atom. The maximum atomic E-state index is 11.1. The lowest BCUT2D eigenvalue weighted by Crippen LogP contribution is -2.37. The Balaban J connectivity index is 1.98. The van der Waals surface area contributed by atoms with Crippen molar-refractivity contribution >= 4 is 5.97 Å². The maximum absolute atomic E-state index is 11.1. The van der Waals surface area contributed by atoms with Gasteiger partial charge in [-0.15, -0.1) is 0 Å². The van der Waals surface area contributed by atoms with Crippen molar-refractivity contribution in [3.05, 3.63) is 23.8 Å². The molecule has 1 aromatic rings. The zero-order valence-corrected chi connectivity index (χ0v) is 11.0. The number of piperidine rings is 1. The average molecular weight is 265 g/mol. The van der Waals surface area contributed by atoms with E-state index < -0.39 is 5.97 Å². The molecule has 1 aliphatic rings. The first kappa shape index (κ1) is 13.9. The molecule has 19 heavy (non-hydrogen) atoms. The fourth-order valence-electron chi connectivity index (χ4n) is 2.46. The number of hydrogen-bond acceptors (Lipinski definition) is 5. The van der Waals surface area contributed by atoms with Crippen LogP contribution < -0.4 is 0 Å². The molecule has 0 spiro atoms. The lowest BCUT2D eigenvalue weighted by molar-refractivity contribution is 0.0667. The van der Waals surface area contributed by atoms with E-state index in [4.69, 9.17) is 5.11 Å². The minimum atomic E-state index is -0.991. The molecule has 1 saturated heterocycles. The van der Waals surface area contributed by atoms with Crippen molar-refractivity contribution in [1.82, 2.24) is 14.9 Å². The average Bonchev–Trinajstić information content (AvgIpc) is 2.39. The van der Waals surface area contributed by atoms with Gasteiger partial charge in [0.2, 0.25) is 0 Å². The van der Waals surface area contributed by atoms with Crippen LogP contribution in [0.3, 0.4) is 0 Å². The van der Waals surface area contributed by atoms with Crippen molar-refractivity contribution in [3.8, 4) is 0 Å². The molecule has 0 bridgehead atoms. The van der Waals surface area contributed by atoms with Crippen LogP contribution in [0.1, 0.15) is 35.8 Å². The largest absolute Gasteiger partial charge is 0.478 e. The molecule has 1 aliphatic heterocycles. The zero-order valence-electron chi connectivity index (χ0n) is 11.0. The van der Waals surface area contributed by atoms with E-state index in [1.54, 1.807) is 0 Å². The first-order valence-electron chi connectivity index (χ1n) is 6.50. The first-order chi connectivity index (χ1) is 9.08. The summed E-state index contributed by atoms with van der Waals surface area (Å²) < 4.78 is 0. The van der Waals surface area contributed by atoms with E-state index in [2.05, 4.69) is 14.9 Å². The summed E-state index contributed by atoms with van der Waals surface area (Å²) in [6.45, 7) is 4.07. The molecule has 1 fully saturated rings. The third kappa shape index (κ3) is 3.48. The lowest BCUT2D eigenvalue weighted by Gasteiger charge is -2.33. The van der Waals surface area contributed by atoms with Crippen LogP contribution in [0.5, 0.6) is 0 Å². The molecule has 1 unspecified atom stereocenters. The predicted molar refractivity (Wildman–Crippen MR) is 68.7 cm³/mol. The summed E-state index contributed by atoms with van der Waals surface area (Å²) in [6.07, 6.45) is 4.32. The number of carboxylic acid groups (broad SMARTS) is 1. The Labute approximate surface area is 112 Å². The Kier molecular flexibility index (Phi) is 4.44. The van der Waals surface area contributed by atoms with Gasteiger partial charge in [-0.1, -0.05) is 0 Å². The van der Waals surface area contributed by atoms with Crippen molar-refractivity contribution in [2.24, 2.45) is 5.92 Å². The minimum absolute atomic E-state index is 0.167. The molecule has 6 heteroatoms. The molecule has 2 rings (SSSR count). The number of aromatic nitrogens is 2. The Hall–Kier alpha value is -1.53. The molecule has 104 valence electrons. The summed E-state index contributed by atoms with van der Waals surface area (Å²) in [6, 6.07) is 0. The summed E-state index contributed by atoms with van der Waals surface area (Å²) in [7, 11) is 0. The zero-order chi connectivity index (χ0) is 13.8. The van der Waals surface area contributed by atoms with Crippen LogP contribution in [0.4, 0.5) is 0 Å². The molecule has 2 N–H and O–H groups in total. The van der Waals surface area contributed by atoms with Crippen LogP contribution in [-0.2, 0) is 6.54 Å². The highest BCUT2D eigenvalue weighted by molar-refractivity contribution is 5.88. The van der Waals surface area contributed by atoms with E-state index in [9.17, 15) is 9.90 Å². The van der Waals surface area contributed by atoms with Gasteiger partial charge in [0.15, 0.2) is 0 Å². The third-order valence-electron chi connectivity index (χ3n) is 3.71. The Morgan fingerprint density at radius 2 is 2.21 bits per heavy atom. The van der Waals surface area contributed by atoms with Crippen LogP contribution in [0.15, 0.2) is 12.5 Å². The summed E-state index contributed by atoms with van der Waals surface area (Å²) in [4.78, 5) is 21.1. The molecule has 6 nitrogen and oxygen atoms in total. The van der Waals surface area contributed by atoms with E-state index in [1.165, 1.54) is 12.5 Å².